The number of carbonyl (C=O) groups excluding carboxylic acids is 1. The van der Waals surface area contributed by atoms with Gasteiger partial charge in [-0.15, -0.1) is 10.2 Å². The van der Waals surface area contributed by atoms with Gasteiger partial charge in [-0.2, -0.15) is 5.10 Å². The largest absolute Gasteiger partial charge is 0.329 e. The SMILES string of the molecule is Cc1cccn2ncc(C(=O)N3Cc4nnc(-c5ccccc5)n4[C@@H](C)C3)c12. The maximum Gasteiger partial charge on any atom is 0.258 e. The van der Waals surface area contributed by atoms with Gasteiger partial charge in [-0.3, -0.25) is 4.79 Å². The number of hydrogen-bond acceptors (Lipinski definition) is 4. The molecule has 4 heterocycles. The van der Waals surface area contributed by atoms with Gasteiger partial charge in [0, 0.05) is 18.3 Å². The third kappa shape index (κ3) is 2.51. The lowest BCUT2D eigenvalue weighted by molar-refractivity contribution is 0.0684. The van der Waals surface area contributed by atoms with Gasteiger partial charge in [-0.25, -0.2) is 4.52 Å². The highest BCUT2D eigenvalue weighted by molar-refractivity contribution is 6.01. The summed E-state index contributed by atoms with van der Waals surface area (Å²) in [4.78, 5) is 15.1. The molecule has 28 heavy (non-hydrogen) atoms. The van der Waals surface area contributed by atoms with Crippen LogP contribution < -0.4 is 0 Å². The Labute approximate surface area is 162 Å². The molecule has 1 aliphatic heterocycles. The minimum atomic E-state index is -0.0216. The molecule has 0 saturated heterocycles. The summed E-state index contributed by atoms with van der Waals surface area (Å²) in [5.74, 6) is 1.63. The third-order valence-electron chi connectivity index (χ3n) is 5.32. The number of aromatic nitrogens is 5. The molecule has 0 saturated carbocycles. The Bertz CT molecular complexity index is 1180. The highest BCUT2D eigenvalue weighted by Crippen LogP contribution is 2.28. The van der Waals surface area contributed by atoms with E-state index in [-0.39, 0.29) is 11.9 Å². The molecule has 0 fully saturated rings. The molecule has 0 radical (unpaired) electrons. The van der Waals surface area contributed by atoms with Crippen molar-refractivity contribution in [3.63, 3.8) is 0 Å². The van der Waals surface area contributed by atoms with Crippen LogP contribution in [0.15, 0.2) is 54.9 Å². The Kier molecular flexibility index (Phi) is 3.75. The highest BCUT2D eigenvalue weighted by Gasteiger charge is 2.31. The van der Waals surface area contributed by atoms with E-state index in [1.807, 2.05) is 60.5 Å². The van der Waals surface area contributed by atoms with Crippen molar-refractivity contribution in [1.29, 1.82) is 0 Å². The molecule has 140 valence electrons. The van der Waals surface area contributed by atoms with Crippen LogP contribution >= 0.6 is 0 Å². The van der Waals surface area contributed by atoms with Gasteiger partial charge in [0.15, 0.2) is 11.6 Å². The molecule has 0 bridgehead atoms. The number of nitrogens with zero attached hydrogens (tertiary/aromatic N) is 6. The van der Waals surface area contributed by atoms with E-state index in [1.165, 1.54) is 0 Å². The van der Waals surface area contributed by atoms with Crippen LogP contribution in [0.2, 0.25) is 0 Å². The fourth-order valence-corrected chi connectivity index (χ4v) is 4.01. The summed E-state index contributed by atoms with van der Waals surface area (Å²) in [6.07, 6.45) is 3.52. The summed E-state index contributed by atoms with van der Waals surface area (Å²) in [6.45, 7) is 5.13. The van der Waals surface area contributed by atoms with Crippen molar-refractivity contribution in [2.75, 3.05) is 6.54 Å². The summed E-state index contributed by atoms with van der Waals surface area (Å²) in [5, 5.41) is 13.1. The van der Waals surface area contributed by atoms with Crippen molar-refractivity contribution in [1.82, 2.24) is 29.3 Å². The van der Waals surface area contributed by atoms with E-state index in [0.717, 1.165) is 28.3 Å². The van der Waals surface area contributed by atoms with Gasteiger partial charge in [-0.05, 0) is 25.5 Å². The zero-order chi connectivity index (χ0) is 19.3. The third-order valence-corrected chi connectivity index (χ3v) is 5.32. The van der Waals surface area contributed by atoms with E-state index >= 15 is 0 Å². The minimum absolute atomic E-state index is 0.0216. The van der Waals surface area contributed by atoms with Gasteiger partial charge in [-0.1, -0.05) is 36.4 Å². The molecule has 3 aromatic heterocycles. The van der Waals surface area contributed by atoms with Crippen LogP contribution in [-0.4, -0.2) is 41.7 Å². The van der Waals surface area contributed by atoms with Crippen LogP contribution in [0.25, 0.3) is 16.9 Å². The highest BCUT2D eigenvalue weighted by atomic mass is 16.2. The molecular formula is C21H20N6O. The molecule has 1 aromatic carbocycles. The van der Waals surface area contributed by atoms with Gasteiger partial charge in [0.1, 0.15) is 0 Å². The van der Waals surface area contributed by atoms with Crippen LogP contribution in [0, 0.1) is 6.92 Å². The minimum Gasteiger partial charge on any atom is -0.329 e. The maximum atomic E-state index is 13.3. The molecule has 5 rings (SSSR count). The average Bonchev–Trinajstić information content (AvgIpc) is 3.33. The predicted molar refractivity (Wildman–Crippen MR) is 105 cm³/mol. The van der Waals surface area contributed by atoms with E-state index in [4.69, 9.17) is 0 Å². The van der Waals surface area contributed by atoms with Crippen LogP contribution in [0.3, 0.4) is 0 Å². The van der Waals surface area contributed by atoms with E-state index in [9.17, 15) is 4.79 Å². The number of fused-ring (bicyclic) bond motifs is 2. The Balaban J connectivity index is 1.50. The molecule has 0 N–H and O–H groups in total. The van der Waals surface area contributed by atoms with Gasteiger partial charge < -0.3 is 9.47 Å². The summed E-state index contributed by atoms with van der Waals surface area (Å²) < 4.78 is 3.90. The first-order valence-corrected chi connectivity index (χ1v) is 9.35. The first-order chi connectivity index (χ1) is 13.6. The van der Waals surface area contributed by atoms with Crippen molar-refractivity contribution in [3.05, 3.63) is 71.8 Å². The Hall–Kier alpha value is -3.48. The maximum absolute atomic E-state index is 13.3. The zero-order valence-corrected chi connectivity index (χ0v) is 15.8. The normalized spacial score (nSPS) is 16.4. The van der Waals surface area contributed by atoms with E-state index < -0.39 is 0 Å². The molecule has 1 amide bonds. The second kappa shape index (κ2) is 6.30. The second-order valence-electron chi connectivity index (χ2n) is 7.25. The lowest BCUT2D eigenvalue weighted by Crippen LogP contribution is -2.40. The van der Waals surface area contributed by atoms with Gasteiger partial charge >= 0.3 is 0 Å². The summed E-state index contributed by atoms with van der Waals surface area (Å²) >= 11 is 0. The van der Waals surface area contributed by atoms with Crippen molar-refractivity contribution < 1.29 is 4.79 Å². The average molecular weight is 372 g/mol. The second-order valence-corrected chi connectivity index (χ2v) is 7.25. The fraction of sp³-hybridized carbons (Fsp3) is 0.238. The number of aryl methyl sites for hydroxylation is 1. The Morgan fingerprint density at radius 2 is 1.93 bits per heavy atom. The van der Waals surface area contributed by atoms with Crippen LogP contribution in [0.4, 0.5) is 0 Å². The first-order valence-electron chi connectivity index (χ1n) is 9.35. The Morgan fingerprint density at radius 1 is 1.11 bits per heavy atom. The molecule has 7 nitrogen and oxygen atoms in total. The first kappa shape index (κ1) is 16.7. The fourth-order valence-electron chi connectivity index (χ4n) is 4.01. The Morgan fingerprint density at radius 3 is 2.75 bits per heavy atom. The molecule has 4 aromatic rings. The number of pyridine rings is 1. The molecule has 1 atom stereocenters. The number of carbonyl (C=O) groups is 1. The molecule has 7 heteroatoms. The molecular weight excluding hydrogens is 352 g/mol. The van der Waals surface area contributed by atoms with Crippen LogP contribution in [-0.2, 0) is 6.54 Å². The van der Waals surface area contributed by atoms with Crippen LogP contribution in [0.1, 0.15) is 34.7 Å². The molecule has 0 aliphatic carbocycles. The molecule has 1 aliphatic rings. The lowest BCUT2D eigenvalue weighted by atomic mass is 10.1. The number of rotatable bonds is 2. The van der Waals surface area contributed by atoms with Crippen molar-refractivity contribution in [2.45, 2.75) is 26.4 Å². The summed E-state index contributed by atoms with van der Waals surface area (Å²) in [6, 6.07) is 14.0. The number of amides is 1. The van der Waals surface area contributed by atoms with E-state index in [1.54, 1.807) is 10.7 Å². The van der Waals surface area contributed by atoms with E-state index in [0.29, 0.717) is 18.7 Å². The standard InChI is InChI=1S/C21H20N6O/c1-14-7-6-10-26-19(14)17(11-22-26)21(28)25-12-15(2)27-18(13-25)23-24-20(27)16-8-4-3-5-9-16/h3-11,15H,12-13H2,1-2H3/t15-/m0/s1. The van der Waals surface area contributed by atoms with E-state index in [2.05, 4.69) is 26.8 Å². The van der Waals surface area contributed by atoms with Gasteiger partial charge in [0.2, 0.25) is 0 Å². The van der Waals surface area contributed by atoms with Gasteiger partial charge in [0.05, 0.1) is 29.9 Å². The topological polar surface area (TPSA) is 68.3 Å². The predicted octanol–water partition coefficient (Wildman–Crippen LogP) is 3.12. The summed E-state index contributed by atoms with van der Waals surface area (Å²) in [5.41, 5.74) is 3.55. The number of benzene rings is 1. The zero-order valence-electron chi connectivity index (χ0n) is 15.8. The summed E-state index contributed by atoms with van der Waals surface area (Å²) in [7, 11) is 0. The van der Waals surface area contributed by atoms with Crippen molar-refractivity contribution in [3.8, 4) is 11.4 Å². The quantitative estimate of drug-likeness (QED) is 0.542. The smallest absolute Gasteiger partial charge is 0.258 e. The molecule has 0 unspecified atom stereocenters. The van der Waals surface area contributed by atoms with Crippen molar-refractivity contribution >= 4 is 11.4 Å². The lowest BCUT2D eigenvalue weighted by Gasteiger charge is -2.32. The van der Waals surface area contributed by atoms with Crippen molar-refractivity contribution in [2.24, 2.45) is 0 Å². The number of hydrogen-bond donors (Lipinski definition) is 0. The van der Waals surface area contributed by atoms with Gasteiger partial charge in [0.25, 0.3) is 5.91 Å². The monoisotopic (exact) mass is 372 g/mol. The molecule has 0 spiro atoms. The van der Waals surface area contributed by atoms with Crippen LogP contribution in [0.5, 0.6) is 0 Å².